The molecule has 3 aromatic heterocycles. The molecule has 0 bridgehead atoms. The topological polar surface area (TPSA) is 395 Å². The number of para-hydroxylation sites is 2. The lowest BCUT2D eigenvalue weighted by atomic mass is 10.1. The van der Waals surface area contributed by atoms with Gasteiger partial charge in [-0.2, -0.15) is 38.9 Å². The number of pyridine rings is 1. The van der Waals surface area contributed by atoms with Gasteiger partial charge in [-0.05, 0) is 74.4 Å². The van der Waals surface area contributed by atoms with Crippen molar-refractivity contribution >= 4 is 135 Å². The summed E-state index contributed by atoms with van der Waals surface area (Å²) in [6, 6.07) is 16.2. The van der Waals surface area contributed by atoms with Crippen molar-refractivity contribution in [2.45, 2.75) is 35.0 Å². The van der Waals surface area contributed by atoms with Crippen LogP contribution < -0.4 is 4.74 Å². The second-order valence-corrected chi connectivity index (χ2v) is 22.0. The number of nitriles is 1. The zero-order chi connectivity index (χ0) is 51.5. The van der Waals surface area contributed by atoms with Crippen molar-refractivity contribution in [3.63, 3.8) is 0 Å². The van der Waals surface area contributed by atoms with Gasteiger partial charge in [0.15, 0.2) is 17.1 Å². The first-order chi connectivity index (χ1) is 33.3. The molecule has 71 heavy (non-hydrogen) atoms. The zero-order valence-electron chi connectivity index (χ0n) is 35.7. The van der Waals surface area contributed by atoms with Gasteiger partial charge in [-0.1, -0.05) is 35.1 Å². The Bertz CT molecular complexity index is 4210. The fourth-order valence-electron chi connectivity index (χ4n) is 7.15. The molecule has 25 nitrogen and oxygen atoms in total. The Morgan fingerprint density at radius 1 is 0.732 bits per heavy atom. The van der Waals surface area contributed by atoms with Crippen molar-refractivity contribution in [1.29, 1.82) is 5.26 Å². The Kier molecular flexibility index (Phi) is 13.1. The summed E-state index contributed by atoms with van der Waals surface area (Å²) in [4.78, 5) is 5.66. The van der Waals surface area contributed by atoms with Crippen LogP contribution in [0, 0.1) is 25.2 Å². The first-order valence-corrected chi connectivity index (χ1v) is 26.7. The standard InChI is InChI=1S/C40H29ClN10O15S5/c1-18-14-28(30(66-12-5-13-68(54,55)56)16-27(18)46-50-40-44-25-11-9-23(41)37(35(25)67-40)71(63,64)65)47-49-33-31(69(57,58)59)15-21-20(34(33)52)8-10-26(36(21)70(60,61)62)45-48-32-19(2)22(17-42)38-43-24-6-3-4-7-29(24)51(38)39(32)53/h3-4,6-11,14-16,52-53H,5,12-13H2,1-2H3,(H,54,55,56)(H,57,58,59)(H,60,61,62)(H,63,64,65). The van der Waals surface area contributed by atoms with E-state index in [-0.39, 0.29) is 78.5 Å². The normalized spacial score (nSPS) is 13.0. The highest BCUT2D eigenvalue weighted by atomic mass is 35.5. The van der Waals surface area contributed by atoms with Crippen molar-refractivity contribution in [3.8, 4) is 23.4 Å². The predicted molar refractivity (Wildman–Crippen MR) is 254 cm³/mol. The predicted octanol–water partition coefficient (Wildman–Crippen LogP) is 9.45. The number of fused-ring (bicyclic) bond motifs is 5. The molecule has 0 aliphatic heterocycles. The number of thiazole rings is 1. The van der Waals surface area contributed by atoms with Crippen molar-refractivity contribution in [2.24, 2.45) is 30.7 Å². The van der Waals surface area contributed by atoms with Crippen LogP contribution in [0.5, 0.6) is 17.4 Å². The highest BCUT2D eigenvalue weighted by Gasteiger charge is 2.29. The second-order valence-electron chi connectivity index (χ2n) is 15.0. The molecule has 8 aromatic rings. The number of phenols is 1. The van der Waals surface area contributed by atoms with Crippen LogP contribution in [0.4, 0.5) is 33.6 Å². The minimum absolute atomic E-state index is 0.0216. The van der Waals surface area contributed by atoms with Crippen LogP contribution in [-0.2, 0) is 40.5 Å². The fraction of sp³-hybridized carbons (Fsp3) is 0.125. The molecule has 3 heterocycles. The zero-order valence-corrected chi connectivity index (χ0v) is 40.6. The van der Waals surface area contributed by atoms with Crippen molar-refractivity contribution in [2.75, 3.05) is 12.4 Å². The first-order valence-electron chi connectivity index (χ1n) is 19.6. The lowest BCUT2D eigenvalue weighted by molar-refractivity contribution is 0.317. The summed E-state index contributed by atoms with van der Waals surface area (Å²) in [5.41, 5.74) is -0.842. The fourth-order valence-corrected chi connectivity index (χ4v) is 11.5. The van der Waals surface area contributed by atoms with Gasteiger partial charge in [0.1, 0.15) is 49.1 Å². The van der Waals surface area contributed by atoms with Gasteiger partial charge in [-0.15, -0.1) is 30.7 Å². The van der Waals surface area contributed by atoms with E-state index in [9.17, 15) is 67.4 Å². The van der Waals surface area contributed by atoms with E-state index in [1.807, 2.05) is 6.07 Å². The number of nitrogens with zero attached hydrogens (tertiary/aromatic N) is 10. The van der Waals surface area contributed by atoms with E-state index in [0.29, 0.717) is 17.1 Å². The van der Waals surface area contributed by atoms with Crippen LogP contribution in [0.1, 0.15) is 23.1 Å². The molecule has 0 saturated heterocycles. The number of hydrogen-bond donors (Lipinski definition) is 6. The van der Waals surface area contributed by atoms with Crippen LogP contribution in [-0.4, -0.2) is 88.8 Å². The monoisotopic (exact) mass is 1080 g/mol. The number of imidazole rings is 1. The van der Waals surface area contributed by atoms with Crippen LogP contribution in [0.15, 0.2) is 112 Å². The minimum atomic E-state index is -5.46. The largest absolute Gasteiger partial charge is 0.505 e. The number of benzene rings is 5. The molecule has 0 radical (unpaired) electrons. The molecule has 5 aromatic carbocycles. The molecule has 6 N–H and O–H groups in total. The molecule has 0 saturated carbocycles. The number of rotatable bonds is 14. The van der Waals surface area contributed by atoms with Crippen molar-refractivity contribution in [3.05, 3.63) is 88.4 Å². The summed E-state index contributed by atoms with van der Waals surface area (Å²) in [5, 5.41) is 55.4. The number of aryl methyl sites for hydroxylation is 1. The van der Waals surface area contributed by atoms with E-state index in [1.54, 1.807) is 24.3 Å². The molecule has 0 amide bonds. The number of hydrogen-bond acceptors (Lipinski definition) is 21. The molecule has 366 valence electrons. The number of halogens is 1. The van der Waals surface area contributed by atoms with Gasteiger partial charge < -0.3 is 14.9 Å². The number of ether oxygens (including phenoxy) is 1. The molecule has 31 heteroatoms. The van der Waals surface area contributed by atoms with Crippen molar-refractivity contribution < 1.29 is 66.8 Å². The SMILES string of the molecule is Cc1cc(N=Nc2c(S(=O)(=O)O)cc3c(S(=O)(=O)O)c(N=Nc4c(C)c(C#N)c5nc6ccccc6n5c4O)ccc3c2O)c(OCCCS(=O)(=O)O)cc1N=Nc1nc2ccc(Cl)c(S(=O)(=O)O)c2s1. The second kappa shape index (κ2) is 18.5. The molecule has 0 unspecified atom stereocenters. The Morgan fingerprint density at radius 3 is 2.08 bits per heavy atom. The molecule has 0 spiro atoms. The van der Waals surface area contributed by atoms with E-state index < -0.39 is 94.7 Å². The highest BCUT2D eigenvalue weighted by Crippen LogP contribution is 2.47. The van der Waals surface area contributed by atoms with E-state index in [4.69, 9.17) is 16.3 Å². The maximum absolute atomic E-state index is 13.1. The van der Waals surface area contributed by atoms with E-state index in [2.05, 4.69) is 40.7 Å². The third-order valence-corrected chi connectivity index (χ3v) is 15.4. The molecule has 0 aliphatic carbocycles. The van der Waals surface area contributed by atoms with Crippen LogP contribution in [0.25, 0.3) is 37.7 Å². The maximum Gasteiger partial charge on any atom is 0.297 e. The minimum Gasteiger partial charge on any atom is -0.505 e. The summed E-state index contributed by atoms with van der Waals surface area (Å²) in [6.07, 6.45) is -0.265. The number of phenolic OH excluding ortho intramolecular Hbond substituents is 1. The third-order valence-electron chi connectivity index (χ3n) is 10.3. The number of aromatic hydroxyl groups is 2. The van der Waals surface area contributed by atoms with Gasteiger partial charge in [-0.25, -0.2) is 9.97 Å². The molecule has 0 atom stereocenters. The number of aromatic nitrogens is 3. The Morgan fingerprint density at radius 2 is 1.41 bits per heavy atom. The lowest BCUT2D eigenvalue weighted by Crippen LogP contribution is -2.08. The molecule has 8 rings (SSSR count). The Hall–Kier alpha value is -7.18. The third kappa shape index (κ3) is 9.95. The van der Waals surface area contributed by atoms with Gasteiger partial charge in [0, 0.05) is 22.4 Å². The molecule has 0 fully saturated rings. The Balaban J connectivity index is 1.22. The summed E-state index contributed by atoms with van der Waals surface area (Å²) >= 11 is 6.74. The van der Waals surface area contributed by atoms with Crippen LogP contribution in [0.2, 0.25) is 5.02 Å². The maximum atomic E-state index is 13.1. The molecular formula is C40H29ClN10O15S5. The quantitative estimate of drug-likeness (QED) is 0.0335. The van der Waals surface area contributed by atoms with Gasteiger partial charge in [0.05, 0.1) is 44.3 Å². The average Bonchev–Trinajstić information content (AvgIpc) is 3.87. The van der Waals surface area contributed by atoms with Crippen molar-refractivity contribution in [1.82, 2.24) is 14.4 Å². The summed E-state index contributed by atoms with van der Waals surface area (Å²) in [5.74, 6) is -2.60. The van der Waals surface area contributed by atoms with E-state index in [1.165, 1.54) is 42.5 Å². The van der Waals surface area contributed by atoms with Gasteiger partial charge in [-0.3, -0.25) is 22.6 Å². The smallest absolute Gasteiger partial charge is 0.297 e. The van der Waals surface area contributed by atoms with Gasteiger partial charge in [0.2, 0.25) is 11.0 Å². The first kappa shape index (κ1) is 50.2. The van der Waals surface area contributed by atoms with Gasteiger partial charge >= 0.3 is 0 Å². The average molecular weight is 1090 g/mol. The number of azo groups is 3. The van der Waals surface area contributed by atoms with E-state index in [0.717, 1.165) is 23.5 Å². The van der Waals surface area contributed by atoms with E-state index >= 15 is 0 Å². The Labute approximate surface area is 408 Å². The summed E-state index contributed by atoms with van der Waals surface area (Å²) in [7, 11) is -20.1. The van der Waals surface area contributed by atoms with Crippen LogP contribution in [0.3, 0.4) is 0 Å². The molecular weight excluding hydrogens is 1060 g/mol. The highest BCUT2D eigenvalue weighted by molar-refractivity contribution is 7.87. The molecule has 0 aliphatic rings. The summed E-state index contributed by atoms with van der Waals surface area (Å²) < 4.78 is 146. The lowest BCUT2D eigenvalue weighted by Gasteiger charge is -2.13. The van der Waals surface area contributed by atoms with Crippen LogP contribution >= 0.6 is 22.9 Å². The summed E-state index contributed by atoms with van der Waals surface area (Å²) in [6.45, 7) is 2.53. The van der Waals surface area contributed by atoms with Gasteiger partial charge in [0.25, 0.3) is 40.5 Å².